The number of hydrogen-bond donors (Lipinski definition) is 2. The van der Waals surface area contributed by atoms with E-state index in [1.165, 1.54) is 12.1 Å². The van der Waals surface area contributed by atoms with Crippen molar-refractivity contribution in [1.29, 1.82) is 0 Å². The van der Waals surface area contributed by atoms with Crippen molar-refractivity contribution in [1.82, 2.24) is 20.1 Å². The fraction of sp³-hybridized carbons (Fsp3) is 0.100. The van der Waals surface area contributed by atoms with Gasteiger partial charge in [-0.15, -0.1) is 0 Å². The lowest BCUT2D eigenvalue weighted by atomic mass is 10.1. The maximum absolute atomic E-state index is 13.2. The van der Waals surface area contributed by atoms with Crippen molar-refractivity contribution >= 4 is 16.8 Å². The molecule has 0 aliphatic heterocycles. The maximum Gasteiger partial charge on any atom is 0.267 e. The van der Waals surface area contributed by atoms with Gasteiger partial charge in [-0.1, -0.05) is 12.1 Å². The van der Waals surface area contributed by atoms with E-state index < -0.39 is 0 Å². The molecule has 4 aromatic rings. The molecular formula is C20H17FN4O. The molecule has 0 radical (unpaired) electrons. The highest BCUT2D eigenvalue weighted by Gasteiger charge is 2.09. The van der Waals surface area contributed by atoms with Gasteiger partial charge in [0.1, 0.15) is 11.5 Å². The van der Waals surface area contributed by atoms with Gasteiger partial charge in [0.05, 0.1) is 5.69 Å². The van der Waals surface area contributed by atoms with Crippen LogP contribution < -0.4 is 5.32 Å². The van der Waals surface area contributed by atoms with Gasteiger partial charge in [0.2, 0.25) is 0 Å². The Labute approximate surface area is 149 Å². The van der Waals surface area contributed by atoms with Crippen molar-refractivity contribution in [3.63, 3.8) is 0 Å². The SMILES string of the molecule is O=C(NCCc1ccc(-n2cccn2)cc1)c1cc2cc(F)ccc2[nH]1. The molecule has 4 rings (SSSR count). The normalized spacial score (nSPS) is 11.0. The number of aromatic amines is 1. The van der Waals surface area contributed by atoms with Crippen LogP contribution in [0.15, 0.2) is 67.0 Å². The summed E-state index contributed by atoms with van der Waals surface area (Å²) < 4.78 is 15.0. The second-order valence-electron chi connectivity index (χ2n) is 6.04. The second kappa shape index (κ2) is 6.84. The molecule has 130 valence electrons. The quantitative estimate of drug-likeness (QED) is 0.580. The summed E-state index contributed by atoms with van der Waals surface area (Å²) in [5.74, 6) is -0.517. The first-order valence-electron chi connectivity index (χ1n) is 8.34. The molecule has 0 saturated heterocycles. The van der Waals surface area contributed by atoms with Crippen LogP contribution in [-0.2, 0) is 6.42 Å². The molecule has 0 bridgehead atoms. The molecule has 26 heavy (non-hydrogen) atoms. The van der Waals surface area contributed by atoms with Crippen LogP contribution in [0.25, 0.3) is 16.6 Å². The topological polar surface area (TPSA) is 62.7 Å². The maximum atomic E-state index is 13.2. The molecule has 2 heterocycles. The Morgan fingerprint density at radius 2 is 2.00 bits per heavy atom. The zero-order chi connectivity index (χ0) is 17.9. The van der Waals surface area contributed by atoms with Crippen molar-refractivity contribution in [3.05, 3.63) is 84.1 Å². The minimum Gasteiger partial charge on any atom is -0.351 e. The Kier molecular flexibility index (Phi) is 4.23. The number of carbonyl (C=O) groups excluding carboxylic acids is 1. The number of nitrogens with one attached hydrogen (secondary N) is 2. The predicted octanol–water partition coefficient (Wildman–Crippen LogP) is 3.47. The minimum atomic E-state index is -0.318. The summed E-state index contributed by atoms with van der Waals surface area (Å²) in [6.07, 6.45) is 4.35. The average molecular weight is 348 g/mol. The summed E-state index contributed by atoms with van der Waals surface area (Å²) in [5, 5.41) is 7.76. The number of aromatic nitrogens is 3. The molecule has 5 nitrogen and oxygen atoms in total. The molecule has 0 fully saturated rings. The third kappa shape index (κ3) is 3.35. The van der Waals surface area contributed by atoms with Gasteiger partial charge in [0.15, 0.2) is 0 Å². The van der Waals surface area contributed by atoms with Crippen molar-refractivity contribution in [2.45, 2.75) is 6.42 Å². The molecule has 0 atom stereocenters. The molecule has 0 aliphatic rings. The molecule has 6 heteroatoms. The molecule has 0 aliphatic carbocycles. The highest BCUT2D eigenvalue weighted by Crippen LogP contribution is 2.16. The lowest BCUT2D eigenvalue weighted by Gasteiger charge is -2.06. The number of hydrogen-bond acceptors (Lipinski definition) is 2. The van der Waals surface area contributed by atoms with E-state index in [-0.39, 0.29) is 11.7 Å². The summed E-state index contributed by atoms with van der Waals surface area (Å²) in [6.45, 7) is 0.518. The van der Waals surface area contributed by atoms with E-state index in [1.807, 2.05) is 36.5 Å². The van der Waals surface area contributed by atoms with Crippen LogP contribution in [-0.4, -0.2) is 27.2 Å². The zero-order valence-electron chi connectivity index (χ0n) is 13.9. The molecule has 2 aromatic carbocycles. The number of H-pyrrole nitrogens is 1. The molecular weight excluding hydrogens is 331 g/mol. The Morgan fingerprint density at radius 3 is 2.77 bits per heavy atom. The lowest BCUT2D eigenvalue weighted by Crippen LogP contribution is -2.25. The summed E-state index contributed by atoms with van der Waals surface area (Å²) in [4.78, 5) is 15.3. The van der Waals surface area contributed by atoms with Crippen molar-refractivity contribution < 1.29 is 9.18 Å². The van der Waals surface area contributed by atoms with Gasteiger partial charge >= 0.3 is 0 Å². The van der Waals surface area contributed by atoms with E-state index >= 15 is 0 Å². The van der Waals surface area contributed by atoms with E-state index in [4.69, 9.17) is 0 Å². The predicted molar refractivity (Wildman–Crippen MR) is 97.9 cm³/mol. The minimum absolute atomic E-state index is 0.199. The van der Waals surface area contributed by atoms with Gasteiger partial charge in [-0.3, -0.25) is 4.79 Å². The third-order valence-corrected chi connectivity index (χ3v) is 4.23. The average Bonchev–Trinajstić information content (AvgIpc) is 3.31. The first-order valence-corrected chi connectivity index (χ1v) is 8.34. The fourth-order valence-electron chi connectivity index (χ4n) is 2.88. The van der Waals surface area contributed by atoms with Crippen LogP contribution in [0.2, 0.25) is 0 Å². The standard InChI is InChI=1S/C20H17FN4O/c21-16-4-7-18-15(12-16)13-19(24-18)20(26)22-10-8-14-2-5-17(6-3-14)25-11-1-9-23-25/h1-7,9,11-13,24H,8,10H2,(H,22,26). The number of halogens is 1. The summed E-state index contributed by atoms with van der Waals surface area (Å²) >= 11 is 0. The number of rotatable bonds is 5. The number of nitrogens with zero attached hydrogens (tertiary/aromatic N) is 2. The molecule has 0 saturated carbocycles. The van der Waals surface area contributed by atoms with Crippen LogP contribution in [0.5, 0.6) is 0 Å². The Hall–Kier alpha value is -3.41. The summed E-state index contributed by atoms with van der Waals surface area (Å²) in [6, 6.07) is 16.0. The first-order chi connectivity index (χ1) is 12.7. The van der Waals surface area contributed by atoms with Gasteiger partial charge in [-0.25, -0.2) is 9.07 Å². The number of amides is 1. The van der Waals surface area contributed by atoms with Gasteiger partial charge < -0.3 is 10.3 Å². The van der Waals surface area contributed by atoms with Crippen LogP contribution in [0.4, 0.5) is 4.39 Å². The second-order valence-corrected chi connectivity index (χ2v) is 6.04. The zero-order valence-corrected chi connectivity index (χ0v) is 13.9. The van der Waals surface area contributed by atoms with Gasteiger partial charge in [0.25, 0.3) is 5.91 Å². The first kappa shape index (κ1) is 16.1. The van der Waals surface area contributed by atoms with Crippen molar-refractivity contribution in [2.75, 3.05) is 6.54 Å². The largest absolute Gasteiger partial charge is 0.351 e. The Morgan fingerprint density at radius 1 is 1.15 bits per heavy atom. The van der Waals surface area contributed by atoms with Crippen LogP contribution in [0.1, 0.15) is 16.1 Å². The van der Waals surface area contributed by atoms with Crippen molar-refractivity contribution in [3.8, 4) is 5.69 Å². The molecule has 2 aromatic heterocycles. The van der Waals surface area contributed by atoms with E-state index in [2.05, 4.69) is 15.4 Å². The number of benzene rings is 2. The van der Waals surface area contributed by atoms with E-state index in [1.54, 1.807) is 23.0 Å². The van der Waals surface area contributed by atoms with Crippen molar-refractivity contribution in [2.24, 2.45) is 0 Å². The lowest BCUT2D eigenvalue weighted by molar-refractivity contribution is 0.0950. The van der Waals surface area contributed by atoms with E-state index in [0.717, 1.165) is 23.2 Å². The Balaban J connectivity index is 1.35. The third-order valence-electron chi connectivity index (χ3n) is 4.23. The molecule has 0 unspecified atom stereocenters. The highest BCUT2D eigenvalue weighted by molar-refractivity contribution is 5.97. The monoisotopic (exact) mass is 348 g/mol. The van der Waals surface area contributed by atoms with E-state index in [0.29, 0.717) is 17.6 Å². The fourth-order valence-corrected chi connectivity index (χ4v) is 2.88. The molecule has 0 spiro atoms. The summed E-state index contributed by atoms with van der Waals surface area (Å²) in [5.41, 5.74) is 3.29. The van der Waals surface area contributed by atoms with Crippen LogP contribution in [0.3, 0.4) is 0 Å². The van der Waals surface area contributed by atoms with Gasteiger partial charge in [0, 0.05) is 29.8 Å². The molecule has 2 N–H and O–H groups in total. The van der Waals surface area contributed by atoms with E-state index in [9.17, 15) is 9.18 Å². The smallest absolute Gasteiger partial charge is 0.267 e. The number of carbonyl (C=O) groups is 1. The highest BCUT2D eigenvalue weighted by atomic mass is 19.1. The Bertz CT molecular complexity index is 1040. The number of fused-ring (bicyclic) bond motifs is 1. The molecule has 1 amide bonds. The summed E-state index contributed by atoms with van der Waals surface area (Å²) in [7, 11) is 0. The van der Waals surface area contributed by atoms with Crippen LogP contribution >= 0.6 is 0 Å². The van der Waals surface area contributed by atoms with Crippen LogP contribution in [0, 0.1) is 5.82 Å². The van der Waals surface area contributed by atoms with Gasteiger partial charge in [-0.2, -0.15) is 5.10 Å². The van der Waals surface area contributed by atoms with Gasteiger partial charge in [-0.05, 0) is 54.4 Å².